The first kappa shape index (κ1) is 46.3. The largest absolute Gasteiger partial charge is 0.121 e. The van der Waals surface area contributed by atoms with Gasteiger partial charge in [-0.1, -0.05) is 227 Å². The second kappa shape index (κ2) is 21.8. The molecule has 1 aliphatic carbocycles. The monoisotopic (exact) mass is 928 g/mol. The molecule has 0 atom stereocenters. The molecule has 2 radical (unpaired) electrons. The van der Waals surface area contributed by atoms with E-state index in [9.17, 15) is 0 Å². The van der Waals surface area contributed by atoms with E-state index in [2.05, 4.69) is 230 Å². The van der Waals surface area contributed by atoms with Crippen LogP contribution < -0.4 is 10.4 Å². The number of hydrogen-bond acceptors (Lipinski definition) is 0. The normalized spacial score (nSPS) is 11.4. The van der Waals surface area contributed by atoms with Gasteiger partial charge in [0.05, 0.1) is 0 Å². The van der Waals surface area contributed by atoms with Crippen LogP contribution in [0.5, 0.6) is 0 Å². The van der Waals surface area contributed by atoms with Crippen molar-refractivity contribution in [2.24, 2.45) is 0 Å². The Balaban J connectivity index is 0.000000154. The predicted octanol–water partition coefficient (Wildman–Crippen LogP) is 15.2. The summed E-state index contributed by atoms with van der Waals surface area (Å²) in [7, 11) is 10.6. The van der Waals surface area contributed by atoms with Crippen LogP contribution in [0.15, 0.2) is 176 Å². The van der Waals surface area contributed by atoms with Crippen LogP contribution >= 0.6 is 17.0 Å². The Kier molecular flexibility index (Phi) is 16.5. The molecule has 0 amide bonds. The van der Waals surface area contributed by atoms with Crippen molar-refractivity contribution in [3.05, 3.63) is 210 Å². The van der Waals surface area contributed by atoms with Crippen LogP contribution in [-0.2, 0) is 44.5 Å². The minimum Gasteiger partial charge on any atom is -0.0631 e. The van der Waals surface area contributed by atoms with Crippen LogP contribution in [0.3, 0.4) is 0 Å². The molecule has 8 aromatic carbocycles. The van der Waals surface area contributed by atoms with Gasteiger partial charge in [0.1, 0.15) is 9.52 Å². The molecule has 0 bridgehead atoms. The quantitative estimate of drug-likeness (QED) is 0.115. The maximum absolute atomic E-state index is 4.93. The molecule has 0 unspecified atom stereocenters. The number of hydrogen-bond donors (Lipinski definition) is 0. The summed E-state index contributed by atoms with van der Waals surface area (Å²) in [5, 5.41) is 5.51. The molecule has 4 heteroatoms. The third kappa shape index (κ3) is 12.7. The summed E-state index contributed by atoms with van der Waals surface area (Å²) in [6, 6.07) is 67.0. The van der Waals surface area contributed by atoms with Gasteiger partial charge < -0.3 is 0 Å². The van der Waals surface area contributed by atoms with Gasteiger partial charge in [0.15, 0.2) is 0 Å². The zero-order valence-electron chi connectivity index (χ0n) is 36.6. The van der Waals surface area contributed by atoms with Crippen molar-refractivity contribution in [2.75, 3.05) is 0 Å². The molecule has 0 nitrogen and oxygen atoms in total. The van der Waals surface area contributed by atoms with E-state index < -0.39 is 20.8 Å². The number of halogens is 2. The van der Waals surface area contributed by atoms with Gasteiger partial charge in [-0.15, -0.1) is 40.1 Å². The molecule has 0 aliphatic heterocycles. The fraction of sp³-hybridized carbons (Fsp3) is 0.211. The smallest absolute Gasteiger partial charge is 0.0631 e. The molecular formula is C57H56Cl2SiZr. The summed E-state index contributed by atoms with van der Waals surface area (Å²) >= 11 is -0.826. The van der Waals surface area contributed by atoms with E-state index in [1.54, 1.807) is 0 Å². The average molecular weight is 931 g/mol. The van der Waals surface area contributed by atoms with Gasteiger partial charge in [0.2, 0.25) is 0 Å². The van der Waals surface area contributed by atoms with E-state index >= 15 is 0 Å². The third-order valence-electron chi connectivity index (χ3n) is 11.0. The van der Waals surface area contributed by atoms with Crippen LogP contribution in [0.2, 0.25) is 0 Å². The van der Waals surface area contributed by atoms with Crippen molar-refractivity contribution in [3.8, 4) is 33.4 Å². The van der Waals surface area contributed by atoms with Crippen LogP contribution in [0.1, 0.15) is 82.7 Å². The molecular weight excluding hydrogens is 875 g/mol. The maximum Gasteiger partial charge on any atom is 0.121 e. The molecule has 0 heterocycles. The van der Waals surface area contributed by atoms with Gasteiger partial charge in [-0.3, -0.25) is 0 Å². The fourth-order valence-corrected chi connectivity index (χ4v) is 8.70. The van der Waals surface area contributed by atoms with Gasteiger partial charge in [-0.05, 0) is 40.5 Å². The molecule has 0 N–H and O–H groups in total. The second-order valence-electron chi connectivity index (χ2n) is 17.6. The molecule has 1 aliphatic rings. The SMILES string of the molecule is CC(C)(C)c1c[c-]c2c(c1)-c1cc(C(C)(C)C)ccc1C2.CCCc1cc2c(-c3ccc(-c4ccccc4)cc3)cccc2[cH-]1.[Cl][Zr+2][Cl].c1ccc([Si]c2ccccc2)cc1. The molecule has 306 valence electrons. The zero-order chi connectivity index (χ0) is 43.4. The van der Waals surface area contributed by atoms with Crippen molar-refractivity contribution in [1.82, 2.24) is 0 Å². The van der Waals surface area contributed by atoms with E-state index in [4.69, 9.17) is 17.0 Å². The summed E-state index contributed by atoms with van der Waals surface area (Å²) in [4.78, 5) is 0. The standard InChI is InChI=1S/C24H21.C21H25.C12H10Si.2ClH.Zr/c1-2-7-18-16-22-10-6-11-23(24(22)17-18)21-14-12-20(13-15-21)19-8-4-3-5-9-19;1-20(2,3)16-9-7-14-11-15-8-10-17(21(4,5)6)13-19(15)18(14)12-16;1-3-7-11(8-4-1)13-12-9-5-2-6-10-12;;;/h3-6,8-17H,2,7H2,1H3;7,9-10,12-13H,11H2,1-6H3;1-10H;2*1H;/q2*-1;;;;+4/p-2. The van der Waals surface area contributed by atoms with E-state index in [1.165, 1.54) is 88.8 Å². The number of rotatable bonds is 6. The Morgan fingerprint density at radius 1 is 0.574 bits per heavy atom. The average Bonchev–Trinajstić information content (AvgIpc) is 3.86. The maximum atomic E-state index is 4.93. The minimum absolute atomic E-state index is 0.177. The van der Waals surface area contributed by atoms with Crippen LogP contribution in [-0.4, -0.2) is 9.52 Å². The fourth-order valence-electron chi connectivity index (χ4n) is 7.65. The Bertz CT molecular complexity index is 2480. The number of fused-ring (bicyclic) bond motifs is 4. The predicted molar refractivity (Wildman–Crippen MR) is 265 cm³/mol. The van der Waals surface area contributed by atoms with E-state index in [0.29, 0.717) is 0 Å². The van der Waals surface area contributed by atoms with E-state index in [1.807, 2.05) is 0 Å². The molecule has 0 aromatic heterocycles. The van der Waals surface area contributed by atoms with E-state index in [0.717, 1.165) is 22.4 Å². The van der Waals surface area contributed by atoms with Crippen molar-refractivity contribution < 1.29 is 20.8 Å². The summed E-state index contributed by atoms with van der Waals surface area (Å²) < 4.78 is 0. The van der Waals surface area contributed by atoms with Crippen molar-refractivity contribution in [3.63, 3.8) is 0 Å². The molecule has 8 aromatic rings. The van der Waals surface area contributed by atoms with Gasteiger partial charge in [-0.25, -0.2) is 0 Å². The van der Waals surface area contributed by atoms with Crippen molar-refractivity contribution in [2.45, 2.75) is 78.6 Å². The van der Waals surface area contributed by atoms with Crippen LogP contribution in [0.25, 0.3) is 44.2 Å². The van der Waals surface area contributed by atoms with Gasteiger partial charge in [0.25, 0.3) is 0 Å². The molecule has 9 rings (SSSR count). The second-order valence-corrected chi connectivity index (χ2v) is 22.8. The summed E-state index contributed by atoms with van der Waals surface area (Å²) in [6.07, 6.45) is 3.37. The minimum atomic E-state index is -0.826. The summed E-state index contributed by atoms with van der Waals surface area (Å²) in [5.74, 6) is 0. The first-order valence-electron chi connectivity index (χ1n) is 21.2. The van der Waals surface area contributed by atoms with Crippen LogP contribution in [0, 0.1) is 6.07 Å². The summed E-state index contributed by atoms with van der Waals surface area (Å²) in [6.45, 7) is 15.9. The van der Waals surface area contributed by atoms with E-state index in [-0.39, 0.29) is 10.8 Å². The molecule has 0 spiro atoms. The zero-order valence-corrected chi connectivity index (χ0v) is 41.6. The molecule has 0 saturated carbocycles. The Morgan fingerprint density at radius 3 is 1.69 bits per heavy atom. The van der Waals surface area contributed by atoms with Gasteiger partial charge >= 0.3 is 37.9 Å². The molecule has 0 fully saturated rings. The van der Waals surface area contributed by atoms with Crippen LogP contribution in [0.4, 0.5) is 0 Å². The van der Waals surface area contributed by atoms with Gasteiger partial charge in [0, 0.05) is 0 Å². The Morgan fingerprint density at radius 2 is 1.11 bits per heavy atom. The molecule has 61 heavy (non-hydrogen) atoms. The first-order valence-corrected chi connectivity index (χ1v) is 28.6. The number of aryl methyl sites for hydroxylation is 1. The van der Waals surface area contributed by atoms with Gasteiger partial charge in [-0.2, -0.15) is 35.4 Å². The molecule has 0 saturated heterocycles. The Hall–Kier alpha value is -4.17. The van der Waals surface area contributed by atoms with Crippen molar-refractivity contribution in [1.29, 1.82) is 0 Å². The number of benzene rings is 7. The first-order chi connectivity index (χ1) is 29.4. The topological polar surface area (TPSA) is 0 Å². The third-order valence-corrected chi connectivity index (χ3v) is 12.3. The van der Waals surface area contributed by atoms with Crippen molar-refractivity contribution >= 4 is 47.7 Å². The Labute approximate surface area is 387 Å². The summed E-state index contributed by atoms with van der Waals surface area (Å²) in [5.41, 5.74) is 15.3.